The molecule has 0 saturated carbocycles. The van der Waals surface area contributed by atoms with Crippen LogP contribution in [0.15, 0.2) is 36.1 Å². The molecule has 1 N–H and O–H groups in total. The number of nitrogens with one attached hydrogen (secondary N) is 1. The lowest BCUT2D eigenvalue weighted by atomic mass is 9.92. The lowest BCUT2D eigenvalue weighted by Gasteiger charge is -2.24. The molecule has 1 unspecified atom stereocenters. The van der Waals surface area contributed by atoms with Gasteiger partial charge in [-0.2, -0.15) is 0 Å². The van der Waals surface area contributed by atoms with Crippen molar-refractivity contribution in [2.75, 3.05) is 13.7 Å². The molecule has 0 saturated heterocycles. The number of ether oxygens (including phenoxy) is 1. The summed E-state index contributed by atoms with van der Waals surface area (Å²) in [6.45, 7) is 3.01. The molecule has 1 aliphatic heterocycles. The van der Waals surface area contributed by atoms with Crippen LogP contribution < -0.4 is 5.32 Å². The fourth-order valence-electron chi connectivity index (χ4n) is 2.25. The zero-order valence-electron chi connectivity index (χ0n) is 9.99. The Morgan fingerprint density at radius 3 is 2.75 bits per heavy atom. The van der Waals surface area contributed by atoms with E-state index in [-0.39, 0.29) is 0 Å². The Bertz CT molecular complexity index is 384. The number of rotatable bonds is 3. The number of hydrogen-bond acceptors (Lipinski definition) is 2. The number of hydrogen-bond donors (Lipinski definition) is 1. The van der Waals surface area contributed by atoms with E-state index < -0.39 is 0 Å². The third-order valence-corrected chi connectivity index (χ3v) is 3.12. The highest BCUT2D eigenvalue weighted by atomic mass is 16.5. The molecule has 2 nitrogen and oxygen atoms in total. The van der Waals surface area contributed by atoms with Gasteiger partial charge in [0.1, 0.15) is 0 Å². The van der Waals surface area contributed by atoms with Gasteiger partial charge in [-0.05, 0) is 43.5 Å². The molecule has 1 atom stereocenters. The molecule has 0 aliphatic carbocycles. The van der Waals surface area contributed by atoms with E-state index in [4.69, 9.17) is 4.74 Å². The monoisotopic (exact) mass is 217 g/mol. The van der Waals surface area contributed by atoms with E-state index in [0.29, 0.717) is 6.04 Å². The van der Waals surface area contributed by atoms with Crippen molar-refractivity contribution in [3.8, 4) is 0 Å². The van der Waals surface area contributed by atoms with Gasteiger partial charge >= 0.3 is 0 Å². The van der Waals surface area contributed by atoms with E-state index in [2.05, 4.69) is 36.5 Å². The lowest BCUT2D eigenvalue weighted by molar-refractivity contribution is 0.220. The van der Waals surface area contributed by atoms with Crippen molar-refractivity contribution in [2.24, 2.45) is 0 Å². The Labute approximate surface area is 97.3 Å². The van der Waals surface area contributed by atoms with Crippen molar-refractivity contribution in [2.45, 2.75) is 25.8 Å². The van der Waals surface area contributed by atoms with Gasteiger partial charge in [-0.1, -0.05) is 24.3 Å². The van der Waals surface area contributed by atoms with Crippen molar-refractivity contribution in [3.63, 3.8) is 0 Å². The third kappa shape index (κ3) is 2.27. The molecule has 1 heterocycles. The molecule has 2 heteroatoms. The Morgan fingerprint density at radius 1 is 1.31 bits per heavy atom. The fraction of sp³-hybridized carbons (Fsp3) is 0.429. The van der Waals surface area contributed by atoms with Gasteiger partial charge in [0.15, 0.2) is 0 Å². The first-order valence-electron chi connectivity index (χ1n) is 5.86. The summed E-state index contributed by atoms with van der Waals surface area (Å²) in [6, 6.07) is 8.81. The molecule has 0 spiro atoms. The highest BCUT2D eigenvalue weighted by molar-refractivity contribution is 5.34. The van der Waals surface area contributed by atoms with Crippen LogP contribution in [0.4, 0.5) is 0 Å². The minimum absolute atomic E-state index is 0.293. The molecule has 1 aromatic rings. The summed E-state index contributed by atoms with van der Waals surface area (Å²) in [6.07, 6.45) is 4.17. The minimum Gasteiger partial charge on any atom is -0.501 e. The smallest absolute Gasteiger partial charge is 0.0876 e. The van der Waals surface area contributed by atoms with Crippen molar-refractivity contribution in [1.82, 2.24) is 5.32 Å². The van der Waals surface area contributed by atoms with Crippen LogP contribution in [0.25, 0.3) is 0 Å². The van der Waals surface area contributed by atoms with Crippen LogP contribution >= 0.6 is 0 Å². The Morgan fingerprint density at radius 2 is 2.12 bits per heavy atom. The first-order chi connectivity index (χ1) is 7.83. The van der Waals surface area contributed by atoms with Gasteiger partial charge in [0.05, 0.1) is 18.9 Å². The highest BCUT2D eigenvalue weighted by Gasteiger charge is 2.18. The van der Waals surface area contributed by atoms with Gasteiger partial charge in [-0.25, -0.2) is 0 Å². The molecule has 2 rings (SSSR count). The highest BCUT2D eigenvalue weighted by Crippen LogP contribution is 2.28. The van der Waals surface area contributed by atoms with Gasteiger partial charge in [-0.15, -0.1) is 0 Å². The van der Waals surface area contributed by atoms with E-state index in [1.807, 2.05) is 13.3 Å². The van der Waals surface area contributed by atoms with Crippen LogP contribution in [0, 0.1) is 6.92 Å². The van der Waals surface area contributed by atoms with Crippen LogP contribution in [0.1, 0.15) is 30.0 Å². The fourth-order valence-corrected chi connectivity index (χ4v) is 2.25. The first kappa shape index (κ1) is 11.2. The van der Waals surface area contributed by atoms with Crippen LogP contribution in [0.5, 0.6) is 0 Å². The maximum atomic E-state index is 5.42. The second kappa shape index (κ2) is 5.17. The summed E-state index contributed by atoms with van der Waals surface area (Å²) in [5, 5.41) is 3.38. The molecule has 0 amide bonds. The Kier molecular flexibility index (Phi) is 3.62. The molecule has 1 aliphatic rings. The van der Waals surface area contributed by atoms with Gasteiger partial charge in [-0.3, -0.25) is 0 Å². The SMILES string of the molecule is CNC(C1=COCCC1)c1ccccc1C. The second-order valence-electron chi connectivity index (χ2n) is 4.25. The number of aryl methyl sites for hydroxylation is 1. The predicted molar refractivity (Wildman–Crippen MR) is 66.2 cm³/mol. The average Bonchev–Trinajstić information content (AvgIpc) is 2.34. The third-order valence-electron chi connectivity index (χ3n) is 3.12. The quantitative estimate of drug-likeness (QED) is 0.840. The van der Waals surface area contributed by atoms with Gasteiger partial charge in [0.2, 0.25) is 0 Å². The van der Waals surface area contributed by atoms with Crippen LogP contribution in [-0.2, 0) is 4.74 Å². The standard InChI is InChI=1S/C14H19NO/c1-11-6-3-4-8-13(11)14(15-2)12-7-5-9-16-10-12/h3-4,6,8,10,14-15H,5,7,9H2,1-2H3. The normalized spacial score (nSPS) is 17.5. The predicted octanol–water partition coefficient (Wildman–Crippen LogP) is 2.95. The number of benzene rings is 1. The minimum atomic E-state index is 0.293. The number of likely N-dealkylation sites (N-methyl/N-ethyl adjacent to an activating group) is 1. The molecular formula is C14H19NO. The van der Waals surface area contributed by atoms with Crippen LogP contribution in [0.2, 0.25) is 0 Å². The Hall–Kier alpha value is -1.28. The zero-order valence-corrected chi connectivity index (χ0v) is 9.99. The zero-order chi connectivity index (χ0) is 11.4. The van der Waals surface area contributed by atoms with E-state index >= 15 is 0 Å². The molecule has 16 heavy (non-hydrogen) atoms. The van der Waals surface area contributed by atoms with Gasteiger partial charge in [0.25, 0.3) is 0 Å². The summed E-state index contributed by atoms with van der Waals surface area (Å²) < 4.78 is 5.42. The maximum absolute atomic E-state index is 5.42. The summed E-state index contributed by atoms with van der Waals surface area (Å²) in [4.78, 5) is 0. The van der Waals surface area contributed by atoms with Crippen molar-refractivity contribution in [3.05, 3.63) is 47.2 Å². The molecule has 0 bridgehead atoms. The lowest BCUT2D eigenvalue weighted by Crippen LogP contribution is -2.21. The average molecular weight is 217 g/mol. The topological polar surface area (TPSA) is 21.3 Å². The molecule has 0 radical (unpaired) electrons. The van der Waals surface area contributed by atoms with Crippen molar-refractivity contribution >= 4 is 0 Å². The van der Waals surface area contributed by atoms with Crippen LogP contribution in [0.3, 0.4) is 0 Å². The molecule has 0 fully saturated rings. The molecule has 0 aromatic heterocycles. The van der Waals surface area contributed by atoms with E-state index in [0.717, 1.165) is 19.4 Å². The first-order valence-corrected chi connectivity index (χ1v) is 5.86. The van der Waals surface area contributed by atoms with Crippen LogP contribution in [-0.4, -0.2) is 13.7 Å². The van der Waals surface area contributed by atoms with Crippen molar-refractivity contribution < 1.29 is 4.74 Å². The molecular weight excluding hydrogens is 198 g/mol. The summed E-state index contributed by atoms with van der Waals surface area (Å²) >= 11 is 0. The van der Waals surface area contributed by atoms with E-state index in [9.17, 15) is 0 Å². The molecule has 1 aromatic carbocycles. The summed E-state index contributed by atoms with van der Waals surface area (Å²) in [5.74, 6) is 0. The van der Waals surface area contributed by atoms with E-state index in [1.165, 1.54) is 16.7 Å². The molecule has 86 valence electrons. The Balaban J connectivity index is 2.28. The van der Waals surface area contributed by atoms with Gasteiger partial charge < -0.3 is 10.1 Å². The van der Waals surface area contributed by atoms with Crippen molar-refractivity contribution in [1.29, 1.82) is 0 Å². The maximum Gasteiger partial charge on any atom is 0.0876 e. The largest absolute Gasteiger partial charge is 0.501 e. The second-order valence-corrected chi connectivity index (χ2v) is 4.25. The summed E-state index contributed by atoms with van der Waals surface area (Å²) in [5.41, 5.74) is 4.03. The summed E-state index contributed by atoms with van der Waals surface area (Å²) in [7, 11) is 2.01. The van der Waals surface area contributed by atoms with E-state index in [1.54, 1.807) is 0 Å². The van der Waals surface area contributed by atoms with Gasteiger partial charge in [0, 0.05) is 0 Å².